The lowest BCUT2D eigenvalue weighted by Crippen LogP contribution is -2.29. The zero-order valence-electron chi connectivity index (χ0n) is 10.9. The molecule has 1 aromatic rings. The summed E-state index contributed by atoms with van der Waals surface area (Å²) in [4.78, 5) is 0. The van der Waals surface area contributed by atoms with E-state index in [9.17, 15) is 5.11 Å². The van der Waals surface area contributed by atoms with Gasteiger partial charge in [-0.1, -0.05) is 13.0 Å². The van der Waals surface area contributed by atoms with E-state index in [2.05, 4.69) is 6.92 Å². The zero-order valence-corrected chi connectivity index (χ0v) is 12.5. The first kappa shape index (κ1) is 13.5. The number of benzene rings is 1. The predicted octanol–water partition coefficient (Wildman–Crippen LogP) is 2.73. The molecule has 0 amide bonds. The maximum absolute atomic E-state index is 10.6. The Balaban J connectivity index is 1.80. The summed E-state index contributed by atoms with van der Waals surface area (Å²) < 4.78 is 11.1. The smallest absolute Gasteiger partial charge is 0.161 e. The van der Waals surface area contributed by atoms with Crippen LogP contribution >= 0.6 is 23.5 Å². The van der Waals surface area contributed by atoms with Gasteiger partial charge in [0.15, 0.2) is 11.5 Å². The predicted molar refractivity (Wildman–Crippen MR) is 80.6 cm³/mol. The van der Waals surface area contributed by atoms with Gasteiger partial charge in [-0.3, -0.25) is 0 Å². The number of rotatable bonds is 2. The molecule has 0 aliphatic carbocycles. The normalized spacial score (nSPS) is 27.9. The number of thioether (sulfide) groups is 2. The van der Waals surface area contributed by atoms with Crippen molar-refractivity contribution >= 4 is 23.5 Å². The zero-order chi connectivity index (χ0) is 13.2. The van der Waals surface area contributed by atoms with Crippen molar-refractivity contribution in [3.63, 3.8) is 0 Å². The van der Waals surface area contributed by atoms with Crippen molar-refractivity contribution in [1.82, 2.24) is 0 Å². The van der Waals surface area contributed by atoms with E-state index in [1.807, 2.05) is 41.7 Å². The van der Waals surface area contributed by atoms with Crippen LogP contribution in [0.5, 0.6) is 11.5 Å². The van der Waals surface area contributed by atoms with Gasteiger partial charge < -0.3 is 14.6 Å². The highest BCUT2D eigenvalue weighted by Gasteiger charge is 2.30. The van der Waals surface area contributed by atoms with Crippen molar-refractivity contribution in [1.29, 1.82) is 0 Å². The van der Waals surface area contributed by atoms with Crippen LogP contribution in [-0.2, 0) is 0 Å². The van der Waals surface area contributed by atoms with Gasteiger partial charge in [-0.2, -0.15) is 23.5 Å². The van der Waals surface area contributed by atoms with Gasteiger partial charge in [0.1, 0.15) is 13.2 Å². The first-order chi connectivity index (χ1) is 9.25. The Morgan fingerprint density at radius 1 is 1.16 bits per heavy atom. The summed E-state index contributed by atoms with van der Waals surface area (Å²) in [6.45, 7) is 3.38. The molecule has 19 heavy (non-hydrogen) atoms. The Kier molecular flexibility index (Phi) is 4.15. The van der Waals surface area contributed by atoms with Crippen molar-refractivity contribution in [2.75, 3.05) is 24.7 Å². The molecule has 1 fully saturated rings. The minimum absolute atomic E-state index is 0.251. The van der Waals surface area contributed by atoms with E-state index in [4.69, 9.17) is 9.47 Å². The van der Waals surface area contributed by atoms with E-state index >= 15 is 0 Å². The second-order valence-electron chi connectivity index (χ2n) is 4.76. The standard InChI is InChI=1S/C14H18O3S2/c1-9-14(19-7-6-18-9)13(15)10-2-3-11-12(8-10)17-5-4-16-11/h2-3,8-9,13-15H,4-7H2,1H3. The van der Waals surface area contributed by atoms with E-state index < -0.39 is 6.10 Å². The van der Waals surface area contributed by atoms with Gasteiger partial charge in [0.05, 0.1) is 6.10 Å². The van der Waals surface area contributed by atoms with Gasteiger partial charge in [0.25, 0.3) is 0 Å². The number of ether oxygens (including phenoxy) is 2. The molecule has 104 valence electrons. The van der Waals surface area contributed by atoms with Gasteiger partial charge in [-0.15, -0.1) is 0 Å². The molecule has 1 N–H and O–H groups in total. The fraction of sp³-hybridized carbons (Fsp3) is 0.571. The fourth-order valence-electron chi connectivity index (χ4n) is 2.43. The molecule has 3 rings (SSSR count). The number of fused-ring (bicyclic) bond motifs is 1. The Bertz CT molecular complexity index is 452. The van der Waals surface area contributed by atoms with Crippen LogP contribution in [0.3, 0.4) is 0 Å². The first-order valence-corrected chi connectivity index (χ1v) is 8.66. The van der Waals surface area contributed by atoms with Crippen molar-refractivity contribution in [3.8, 4) is 11.5 Å². The Labute approximate surface area is 122 Å². The molecule has 3 unspecified atom stereocenters. The van der Waals surface area contributed by atoms with Crippen LogP contribution in [0.4, 0.5) is 0 Å². The Morgan fingerprint density at radius 2 is 1.89 bits per heavy atom. The van der Waals surface area contributed by atoms with Crippen LogP contribution in [0.25, 0.3) is 0 Å². The fourth-order valence-corrected chi connectivity index (χ4v) is 5.26. The summed E-state index contributed by atoms with van der Waals surface area (Å²) >= 11 is 3.81. The number of aliphatic hydroxyl groups is 1. The van der Waals surface area contributed by atoms with Crippen LogP contribution in [-0.4, -0.2) is 40.3 Å². The second kappa shape index (κ2) is 5.85. The summed E-state index contributed by atoms with van der Waals surface area (Å²) in [5.74, 6) is 3.82. The summed E-state index contributed by atoms with van der Waals surface area (Å²) in [5, 5.41) is 11.3. The SMILES string of the molecule is CC1SCCSC1C(O)c1ccc2c(c1)OCCO2. The molecular weight excluding hydrogens is 280 g/mol. The summed E-state index contributed by atoms with van der Waals surface area (Å²) in [7, 11) is 0. The molecule has 0 saturated carbocycles. The van der Waals surface area contributed by atoms with Gasteiger partial charge in [0.2, 0.25) is 0 Å². The molecule has 5 heteroatoms. The third kappa shape index (κ3) is 2.83. The molecule has 3 nitrogen and oxygen atoms in total. The minimum atomic E-state index is -0.441. The lowest BCUT2D eigenvalue weighted by atomic mass is 10.0. The topological polar surface area (TPSA) is 38.7 Å². The van der Waals surface area contributed by atoms with Gasteiger partial charge in [-0.25, -0.2) is 0 Å². The van der Waals surface area contributed by atoms with Crippen LogP contribution in [0.2, 0.25) is 0 Å². The molecule has 2 heterocycles. The third-order valence-corrected chi connectivity index (χ3v) is 6.64. The molecule has 0 bridgehead atoms. The molecule has 3 atom stereocenters. The molecule has 0 radical (unpaired) electrons. The molecule has 2 aliphatic rings. The highest BCUT2D eigenvalue weighted by atomic mass is 32.2. The van der Waals surface area contributed by atoms with E-state index in [0.717, 1.165) is 22.8 Å². The molecule has 1 saturated heterocycles. The molecule has 0 aromatic heterocycles. The lowest BCUT2D eigenvalue weighted by molar-refractivity contribution is 0.163. The third-order valence-electron chi connectivity index (χ3n) is 3.46. The molecule has 0 spiro atoms. The van der Waals surface area contributed by atoms with E-state index in [1.54, 1.807) is 0 Å². The summed E-state index contributed by atoms with van der Waals surface area (Å²) in [6.07, 6.45) is -0.441. The maximum Gasteiger partial charge on any atom is 0.161 e. The van der Waals surface area contributed by atoms with Gasteiger partial charge in [0, 0.05) is 22.0 Å². The van der Waals surface area contributed by atoms with Crippen molar-refractivity contribution in [2.24, 2.45) is 0 Å². The van der Waals surface area contributed by atoms with Crippen molar-refractivity contribution in [3.05, 3.63) is 23.8 Å². The summed E-state index contributed by atoms with van der Waals surface area (Å²) in [6, 6.07) is 5.77. The largest absolute Gasteiger partial charge is 0.486 e. The van der Waals surface area contributed by atoms with Crippen LogP contribution in [0.15, 0.2) is 18.2 Å². The molecular formula is C14H18O3S2. The van der Waals surface area contributed by atoms with Crippen molar-refractivity contribution in [2.45, 2.75) is 23.5 Å². The summed E-state index contributed by atoms with van der Waals surface area (Å²) in [5.41, 5.74) is 0.927. The monoisotopic (exact) mass is 298 g/mol. The molecule has 2 aliphatic heterocycles. The average Bonchev–Trinajstić information content (AvgIpc) is 2.46. The first-order valence-electron chi connectivity index (χ1n) is 6.56. The van der Waals surface area contributed by atoms with E-state index in [1.165, 1.54) is 5.75 Å². The van der Waals surface area contributed by atoms with Crippen LogP contribution in [0, 0.1) is 0 Å². The quantitative estimate of drug-likeness (QED) is 0.909. The average molecular weight is 298 g/mol. The maximum atomic E-state index is 10.6. The number of aliphatic hydroxyl groups excluding tert-OH is 1. The van der Waals surface area contributed by atoms with Gasteiger partial charge in [-0.05, 0) is 17.7 Å². The van der Waals surface area contributed by atoms with Crippen LogP contribution < -0.4 is 9.47 Å². The highest BCUT2D eigenvalue weighted by molar-refractivity contribution is 8.07. The number of hydrogen-bond donors (Lipinski definition) is 1. The van der Waals surface area contributed by atoms with E-state index in [-0.39, 0.29) is 5.25 Å². The highest BCUT2D eigenvalue weighted by Crippen LogP contribution is 2.40. The van der Waals surface area contributed by atoms with Crippen molar-refractivity contribution < 1.29 is 14.6 Å². The Hall–Kier alpha value is -0.520. The minimum Gasteiger partial charge on any atom is -0.486 e. The second-order valence-corrected chi connectivity index (χ2v) is 7.53. The Morgan fingerprint density at radius 3 is 2.68 bits per heavy atom. The van der Waals surface area contributed by atoms with Crippen LogP contribution in [0.1, 0.15) is 18.6 Å². The van der Waals surface area contributed by atoms with Gasteiger partial charge >= 0.3 is 0 Å². The molecule has 1 aromatic carbocycles. The van der Waals surface area contributed by atoms with E-state index in [0.29, 0.717) is 18.5 Å². The lowest BCUT2D eigenvalue weighted by Gasteiger charge is -2.32. The number of hydrogen-bond acceptors (Lipinski definition) is 5.